The highest BCUT2D eigenvalue weighted by molar-refractivity contribution is 6.32. The molecular weight excluding hydrogens is 288 g/mol. The summed E-state index contributed by atoms with van der Waals surface area (Å²) in [5, 5.41) is 14.7. The summed E-state index contributed by atoms with van der Waals surface area (Å²) in [6.45, 7) is 7.80. The Bertz CT molecular complexity index is 675. The third-order valence-electron chi connectivity index (χ3n) is 3.34. The van der Waals surface area contributed by atoms with Crippen molar-refractivity contribution >= 4 is 17.6 Å². The summed E-state index contributed by atoms with van der Waals surface area (Å²) in [5.74, 6) is -0.898. The van der Waals surface area contributed by atoms with Crippen LogP contribution in [0.25, 0.3) is 5.69 Å². The lowest BCUT2D eigenvalue weighted by atomic mass is 9.99. The molecule has 0 aliphatic heterocycles. The SMILES string of the molecule is CC(C)c1nn(-c2ccccc2Cl)c(C(C)C)c1C(=O)O. The molecule has 2 aromatic rings. The number of halogens is 1. The summed E-state index contributed by atoms with van der Waals surface area (Å²) in [7, 11) is 0. The van der Waals surface area contributed by atoms with E-state index in [9.17, 15) is 9.90 Å². The molecule has 0 saturated heterocycles. The standard InChI is InChI=1S/C16H19ClN2O2/c1-9(2)14-13(16(20)21)15(10(3)4)19(18-14)12-8-6-5-7-11(12)17/h5-10H,1-4H3,(H,20,21). The predicted octanol–water partition coefficient (Wildman–Crippen LogP) is 4.47. The number of rotatable bonds is 4. The third-order valence-corrected chi connectivity index (χ3v) is 3.66. The van der Waals surface area contributed by atoms with Crippen molar-refractivity contribution in [3.05, 3.63) is 46.2 Å². The van der Waals surface area contributed by atoms with Crippen molar-refractivity contribution < 1.29 is 9.90 Å². The lowest BCUT2D eigenvalue weighted by Crippen LogP contribution is -2.09. The third kappa shape index (κ3) is 2.81. The van der Waals surface area contributed by atoms with Gasteiger partial charge in [0, 0.05) is 0 Å². The normalized spacial score (nSPS) is 11.4. The van der Waals surface area contributed by atoms with Gasteiger partial charge in [-0.2, -0.15) is 5.10 Å². The van der Waals surface area contributed by atoms with E-state index in [0.29, 0.717) is 27.7 Å². The van der Waals surface area contributed by atoms with Crippen LogP contribution in [0.4, 0.5) is 0 Å². The summed E-state index contributed by atoms with van der Waals surface area (Å²) in [4.78, 5) is 11.7. The van der Waals surface area contributed by atoms with E-state index in [1.165, 1.54) is 0 Å². The molecule has 0 saturated carbocycles. The molecule has 0 fully saturated rings. The summed E-state index contributed by atoms with van der Waals surface area (Å²) >= 11 is 6.25. The molecule has 112 valence electrons. The highest BCUT2D eigenvalue weighted by Crippen LogP contribution is 2.31. The first kappa shape index (κ1) is 15.6. The van der Waals surface area contributed by atoms with Crippen LogP contribution >= 0.6 is 11.6 Å². The van der Waals surface area contributed by atoms with Gasteiger partial charge in [0.1, 0.15) is 5.56 Å². The van der Waals surface area contributed by atoms with Gasteiger partial charge < -0.3 is 5.11 Å². The number of carboxylic acid groups (broad SMARTS) is 1. The number of para-hydroxylation sites is 1. The minimum Gasteiger partial charge on any atom is -0.478 e. The molecule has 0 radical (unpaired) electrons. The van der Waals surface area contributed by atoms with Crippen LogP contribution in [0.3, 0.4) is 0 Å². The second-order valence-corrected chi connectivity index (χ2v) is 6.03. The Hall–Kier alpha value is -1.81. The maximum Gasteiger partial charge on any atom is 0.339 e. The minimum atomic E-state index is -0.944. The summed E-state index contributed by atoms with van der Waals surface area (Å²) in [6, 6.07) is 7.32. The Balaban J connectivity index is 2.81. The number of carboxylic acids is 1. The van der Waals surface area contributed by atoms with Gasteiger partial charge in [-0.15, -0.1) is 0 Å². The van der Waals surface area contributed by atoms with Crippen molar-refractivity contribution in [3.8, 4) is 5.69 Å². The van der Waals surface area contributed by atoms with Gasteiger partial charge in [-0.3, -0.25) is 0 Å². The van der Waals surface area contributed by atoms with Crippen molar-refractivity contribution in [2.24, 2.45) is 0 Å². The highest BCUT2D eigenvalue weighted by Gasteiger charge is 2.27. The molecule has 1 aromatic heterocycles. The second-order valence-electron chi connectivity index (χ2n) is 5.62. The zero-order chi connectivity index (χ0) is 15.7. The number of aromatic nitrogens is 2. The van der Waals surface area contributed by atoms with E-state index in [-0.39, 0.29) is 11.8 Å². The van der Waals surface area contributed by atoms with Gasteiger partial charge in [-0.25, -0.2) is 9.48 Å². The van der Waals surface area contributed by atoms with Crippen molar-refractivity contribution in [3.63, 3.8) is 0 Å². The van der Waals surface area contributed by atoms with Crippen LogP contribution in [0, 0.1) is 0 Å². The highest BCUT2D eigenvalue weighted by atomic mass is 35.5. The Kier molecular flexibility index (Phi) is 4.37. The molecule has 4 nitrogen and oxygen atoms in total. The number of benzene rings is 1. The van der Waals surface area contributed by atoms with Gasteiger partial charge in [-0.1, -0.05) is 51.4 Å². The number of aromatic carboxylic acids is 1. The molecule has 2 rings (SSSR count). The average Bonchev–Trinajstić information content (AvgIpc) is 2.79. The first-order valence-corrected chi connectivity index (χ1v) is 7.33. The maximum atomic E-state index is 11.7. The van der Waals surface area contributed by atoms with E-state index in [1.807, 2.05) is 45.9 Å². The smallest absolute Gasteiger partial charge is 0.339 e. The second kappa shape index (κ2) is 5.90. The van der Waals surface area contributed by atoms with E-state index >= 15 is 0 Å². The summed E-state index contributed by atoms with van der Waals surface area (Å²) in [6.07, 6.45) is 0. The van der Waals surface area contributed by atoms with Crippen LogP contribution in [-0.4, -0.2) is 20.9 Å². The fraction of sp³-hybridized carbons (Fsp3) is 0.375. The lowest BCUT2D eigenvalue weighted by molar-refractivity contribution is 0.0693. The Morgan fingerprint density at radius 1 is 1.19 bits per heavy atom. The monoisotopic (exact) mass is 306 g/mol. The van der Waals surface area contributed by atoms with Gasteiger partial charge in [0.05, 0.1) is 22.1 Å². The van der Waals surface area contributed by atoms with E-state index in [4.69, 9.17) is 11.6 Å². The van der Waals surface area contributed by atoms with Gasteiger partial charge in [0.2, 0.25) is 0 Å². The zero-order valence-electron chi connectivity index (χ0n) is 12.6. The van der Waals surface area contributed by atoms with Gasteiger partial charge in [0.25, 0.3) is 0 Å². The molecule has 0 amide bonds. The number of nitrogens with zero attached hydrogens (tertiary/aromatic N) is 2. The molecule has 1 N–H and O–H groups in total. The van der Waals surface area contributed by atoms with E-state index in [2.05, 4.69) is 5.10 Å². The molecule has 0 atom stereocenters. The Morgan fingerprint density at radius 3 is 2.29 bits per heavy atom. The maximum absolute atomic E-state index is 11.7. The van der Waals surface area contributed by atoms with Gasteiger partial charge in [-0.05, 0) is 24.0 Å². The molecule has 5 heteroatoms. The zero-order valence-corrected chi connectivity index (χ0v) is 13.3. The average molecular weight is 307 g/mol. The number of hydrogen-bond acceptors (Lipinski definition) is 2. The fourth-order valence-corrected chi connectivity index (χ4v) is 2.63. The number of hydrogen-bond donors (Lipinski definition) is 1. The van der Waals surface area contributed by atoms with Crippen LogP contribution < -0.4 is 0 Å². The van der Waals surface area contributed by atoms with Crippen molar-refractivity contribution in [1.29, 1.82) is 0 Å². The van der Waals surface area contributed by atoms with Gasteiger partial charge >= 0.3 is 5.97 Å². The Morgan fingerprint density at radius 2 is 1.81 bits per heavy atom. The van der Waals surface area contributed by atoms with Crippen molar-refractivity contribution in [1.82, 2.24) is 9.78 Å². The fourth-order valence-electron chi connectivity index (χ4n) is 2.41. The van der Waals surface area contributed by atoms with Crippen LogP contribution in [0.5, 0.6) is 0 Å². The van der Waals surface area contributed by atoms with E-state index in [1.54, 1.807) is 10.7 Å². The topological polar surface area (TPSA) is 55.1 Å². The lowest BCUT2D eigenvalue weighted by Gasteiger charge is -2.12. The summed E-state index contributed by atoms with van der Waals surface area (Å²) in [5.41, 5.74) is 2.27. The number of carbonyl (C=O) groups is 1. The van der Waals surface area contributed by atoms with E-state index < -0.39 is 5.97 Å². The molecule has 1 heterocycles. The predicted molar refractivity (Wildman–Crippen MR) is 83.7 cm³/mol. The van der Waals surface area contributed by atoms with E-state index in [0.717, 1.165) is 0 Å². The molecule has 0 unspecified atom stereocenters. The summed E-state index contributed by atoms with van der Waals surface area (Å²) < 4.78 is 1.67. The Labute approximate surface area is 129 Å². The molecule has 0 spiro atoms. The van der Waals surface area contributed by atoms with Crippen LogP contribution in [0.2, 0.25) is 5.02 Å². The van der Waals surface area contributed by atoms with Crippen LogP contribution in [0.1, 0.15) is 61.3 Å². The molecular formula is C16H19ClN2O2. The van der Waals surface area contributed by atoms with Crippen molar-refractivity contribution in [2.45, 2.75) is 39.5 Å². The first-order valence-electron chi connectivity index (χ1n) is 6.95. The molecule has 0 aliphatic carbocycles. The van der Waals surface area contributed by atoms with Crippen LogP contribution in [0.15, 0.2) is 24.3 Å². The molecule has 21 heavy (non-hydrogen) atoms. The minimum absolute atomic E-state index is 0.0207. The first-order chi connectivity index (χ1) is 9.84. The molecule has 0 bridgehead atoms. The van der Waals surface area contributed by atoms with Gasteiger partial charge in [0.15, 0.2) is 0 Å². The largest absolute Gasteiger partial charge is 0.478 e. The molecule has 1 aromatic carbocycles. The van der Waals surface area contributed by atoms with Crippen molar-refractivity contribution in [2.75, 3.05) is 0 Å². The molecule has 0 aliphatic rings. The van der Waals surface area contributed by atoms with Crippen LogP contribution in [-0.2, 0) is 0 Å². The quantitative estimate of drug-likeness (QED) is 0.906.